The fraction of sp³-hybridized carbons (Fsp3) is 0. The van der Waals surface area contributed by atoms with Crippen molar-refractivity contribution >= 4 is 27.8 Å². The van der Waals surface area contributed by atoms with E-state index in [2.05, 4.69) is 278 Å². The van der Waals surface area contributed by atoms with Crippen LogP contribution in [0, 0.1) is 0 Å². The Kier molecular flexibility index (Phi) is 10.7. The van der Waals surface area contributed by atoms with Crippen molar-refractivity contribution in [3.05, 3.63) is 273 Å². The largest absolute Gasteiger partial charge is 0.310 e. The maximum absolute atomic E-state index is 2.44. The van der Waals surface area contributed by atoms with E-state index in [4.69, 9.17) is 0 Å². The minimum absolute atomic E-state index is 1.07. The third-order valence-electron chi connectivity index (χ3n) is 12.5. The van der Waals surface area contributed by atoms with Gasteiger partial charge in [-0.25, -0.2) is 0 Å². The van der Waals surface area contributed by atoms with E-state index in [1.54, 1.807) is 0 Å². The first-order valence-electron chi connectivity index (χ1n) is 22.3. The van der Waals surface area contributed by atoms with Crippen molar-refractivity contribution in [2.24, 2.45) is 0 Å². The van der Waals surface area contributed by atoms with Crippen LogP contribution in [0.1, 0.15) is 0 Å². The number of hydrogen-bond donors (Lipinski definition) is 0. The van der Waals surface area contributed by atoms with Crippen molar-refractivity contribution < 1.29 is 0 Å². The Morgan fingerprint density at radius 1 is 0.200 bits per heavy atom. The molecule has 306 valence electrons. The number of benzene rings is 11. The van der Waals surface area contributed by atoms with Gasteiger partial charge in [-0.3, -0.25) is 0 Å². The molecule has 0 bridgehead atoms. The Labute approximate surface area is 381 Å². The number of hydrogen-bond acceptors (Lipinski definition) is 1. The van der Waals surface area contributed by atoms with E-state index >= 15 is 0 Å². The van der Waals surface area contributed by atoms with E-state index in [1.165, 1.54) is 77.5 Å². The molecule has 0 aliphatic carbocycles. The van der Waals surface area contributed by atoms with Crippen LogP contribution in [0.4, 0.5) is 17.1 Å². The summed E-state index contributed by atoms with van der Waals surface area (Å²) in [6.45, 7) is 0. The van der Waals surface area contributed by atoms with Gasteiger partial charge in [-0.15, -0.1) is 0 Å². The summed E-state index contributed by atoms with van der Waals surface area (Å²) in [5.41, 5.74) is 19.9. The van der Waals surface area contributed by atoms with Gasteiger partial charge >= 0.3 is 0 Å². The van der Waals surface area contributed by atoms with Crippen LogP contribution in [0.2, 0.25) is 0 Å². The lowest BCUT2D eigenvalue weighted by Crippen LogP contribution is -2.12. The third kappa shape index (κ3) is 7.71. The van der Waals surface area contributed by atoms with Crippen molar-refractivity contribution in [2.45, 2.75) is 0 Å². The molecule has 0 fully saturated rings. The molecule has 1 heteroatoms. The summed E-state index contributed by atoms with van der Waals surface area (Å²) in [5.74, 6) is 0. The monoisotopic (exact) mass is 827 g/mol. The average Bonchev–Trinajstić information content (AvgIpc) is 3.40. The number of nitrogens with zero attached hydrogens (tertiary/aromatic N) is 1. The Bertz CT molecular complexity index is 3370. The van der Waals surface area contributed by atoms with Gasteiger partial charge < -0.3 is 4.90 Å². The quantitative estimate of drug-likeness (QED) is 0.133. The fourth-order valence-corrected chi connectivity index (χ4v) is 9.48. The predicted molar refractivity (Wildman–Crippen MR) is 277 cm³/mol. The highest BCUT2D eigenvalue weighted by Crippen LogP contribution is 2.50. The lowest BCUT2D eigenvalue weighted by atomic mass is 9.86. The van der Waals surface area contributed by atoms with Gasteiger partial charge in [0.2, 0.25) is 0 Å². The van der Waals surface area contributed by atoms with Gasteiger partial charge in [-0.2, -0.15) is 0 Å². The van der Waals surface area contributed by atoms with Crippen LogP contribution in [-0.2, 0) is 0 Å². The topological polar surface area (TPSA) is 3.24 Å². The molecule has 0 saturated heterocycles. The van der Waals surface area contributed by atoms with Crippen molar-refractivity contribution in [2.75, 3.05) is 4.90 Å². The van der Waals surface area contributed by atoms with Crippen LogP contribution in [0.3, 0.4) is 0 Å². The molecule has 0 spiro atoms. The second-order valence-corrected chi connectivity index (χ2v) is 16.4. The molecule has 0 aliphatic rings. The van der Waals surface area contributed by atoms with Crippen molar-refractivity contribution in [3.63, 3.8) is 0 Å². The van der Waals surface area contributed by atoms with Gasteiger partial charge in [0, 0.05) is 16.9 Å². The predicted octanol–water partition coefficient (Wildman–Crippen LogP) is 18.0. The molecule has 0 atom stereocenters. The second kappa shape index (κ2) is 17.7. The summed E-state index contributed by atoms with van der Waals surface area (Å²) < 4.78 is 0. The molecular weight excluding hydrogens is 783 g/mol. The van der Waals surface area contributed by atoms with Crippen molar-refractivity contribution in [1.82, 2.24) is 0 Å². The molecule has 0 aliphatic heterocycles. The fourth-order valence-electron chi connectivity index (χ4n) is 9.48. The number of rotatable bonds is 10. The Hall–Kier alpha value is -8.52. The Morgan fingerprint density at radius 2 is 0.569 bits per heavy atom. The van der Waals surface area contributed by atoms with E-state index in [0.29, 0.717) is 0 Å². The molecule has 0 heterocycles. The molecule has 0 radical (unpaired) electrons. The summed E-state index contributed by atoms with van der Waals surface area (Å²) in [4.78, 5) is 2.44. The molecule has 0 N–H and O–H groups in total. The maximum atomic E-state index is 2.44. The smallest absolute Gasteiger partial charge is 0.0546 e. The molecule has 0 amide bonds. The highest BCUT2D eigenvalue weighted by Gasteiger charge is 2.24. The Morgan fingerprint density at radius 3 is 1.11 bits per heavy atom. The highest BCUT2D eigenvalue weighted by atomic mass is 15.1. The van der Waals surface area contributed by atoms with Crippen molar-refractivity contribution in [3.8, 4) is 77.9 Å². The lowest BCUT2D eigenvalue weighted by molar-refractivity contribution is 1.28. The summed E-state index contributed by atoms with van der Waals surface area (Å²) in [6, 6.07) is 98.9. The average molecular weight is 828 g/mol. The van der Waals surface area contributed by atoms with Gasteiger partial charge in [0.15, 0.2) is 0 Å². The zero-order valence-electron chi connectivity index (χ0n) is 35.9. The van der Waals surface area contributed by atoms with E-state index in [-0.39, 0.29) is 0 Å². The van der Waals surface area contributed by atoms with Gasteiger partial charge in [0.1, 0.15) is 0 Å². The summed E-state index contributed by atoms with van der Waals surface area (Å²) in [6.07, 6.45) is 0. The SMILES string of the molecule is c1ccc(-c2ccccc2-c2ccccc2-c2ccc(N(c3ccc(-c4cccc5ccccc45)cc3)c3ccc(-c4ccccc4)c(-c4ccccc4)c3-c3ccccc3)cc2)cc1. The maximum Gasteiger partial charge on any atom is 0.0546 e. The van der Waals surface area contributed by atoms with Crippen molar-refractivity contribution in [1.29, 1.82) is 0 Å². The van der Waals surface area contributed by atoms with Gasteiger partial charge in [0.25, 0.3) is 0 Å². The molecule has 0 unspecified atom stereocenters. The summed E-state index contributed by atoms with van der Waals surface area (Å²) >= 11 is 0. The van der Waals surface area contributed by atoms with Crippen LogP contribution >= 0.6 is 0 Å². The van der Waals surface area contributed by atoms with Crippen LogP contribution < -0.4 is 4.90 Å². The van der Waals surface area contributed by atoms with E-state index in [1.807, 2.05) is 0 Å². The minimum atomic E-state index is 1.07. The first-order chi connectivity index (χ1) is 32.3. The van der Waals surface area contributed by atoms with Gasteiger partial charge in [-0.05, 0) is 113 Å². The molecule has 0 aromatic heterocycles. The van der Waals surface area contributed by atoms with Gasteiger partial charge in [-0.1, -0.05) is 243 Å². The summed E-state index contributed by atoms with van der Waals surface area (Å²) in [7, 11) is 0. The van der Waals surface area contributed by atoms with Crippen LogP contribution in [0.5, 0.6) is 0 Å². The first kappa shape index (κ1) is 39.3. The minimum Gasteiger partial charge on any atom is -0.310 e. The van der Waals surface area contributed by atoms with Crippen LogP contribution in [-0.4, -0.2) is 0 Å². The summed E-state index contributed by atoms with van der Waals surface area (Å²) in [5, 5.41) is 2.48. The Balaban J connectivity index is 1.11. The van der Waals surface area contributed by atoms with E-state index < -0.39 is 0 Å². The van der Waals surface area contributed by atoms with Crippen LogP contribution in [0.25, 0.3) is 88.7 Å². The van der Waals surface area contributed by atoms with E-state index in [9.17, 15) is 0 Å². The zero-order valence-corrected chi connectivity index (χ0v) is 35.9. The normalized spacial score (nSPS) is 11.1. The lowest BCUT2D eigenvalue weighted by Gasteiger charge is -2.30. The van der Waals surface area contributed by atoms with E-state index in [0.717, 1.165) is 28.2 Å². The molecule has 65 heavy (non-hydrogen) atoms. The van der Waals surface area contributed by atoms with Gasteiger partial charge in [0.05, 0.1) is 5.69 Å². The zero-order chi connectivity index (χ0) is 43.4. The first-order valence-corrected chi connectivity index (χ1v) is 22.3. The second-order valence-electron chi connectivity index (χ2n) is 16.4. The molecule has 1 nitrogen and oxygen atoms in total. The molecule has 11 aromatic rings. The molecule has 0 saturated carbocycles. The molecule has 11 rings (SSSR count). The highest BCUT2D eigenvalue weighted by molar-refractivity contribution is 6.03. The molecule has 11 aromatic carbocycles. The standard InChI is InChI=1S/C64H45N/c1-5-20-46(21-6-1)57-31-15-17-33-60(57)61-34-18-16-32-58(61)50-38-42-54(43-39-50)65(53-40-36-49(37-41-53)56-35-19-29-47-24-13-14-30-55(47)56)62-45-44-59(48-22-7-2-8-23-48)63(51-25-9-3-10-26-51)64(62)52-27-11-4-12-28-52/h1-45H. The third-order valence-corrected chi connectivity index (χ3v) is 12.5. The van der Waals surface area contributed by atoms with Crippen LogP contribution in [0.15, 0.2) is 273 Å². The molecular formula is C64H45N. The number of anilines is 3. The number of fused-ring (bicyclic) bond motifs is 1.